The van der Waals surface area contributed by atoms with Gasteiger partial charge in [0, 0.05) is 23.0 Å². The number of sulfonamides is 1. The van der Waals surface area contributed by atoms with Crippen molar-refractivity contribution in [2.45, 2.75) is 11.6 Å². The Labute approximate surface area is 131 Å². The SMILES string of the molecule is NS(=O)(=O)c1cc(NCc2nc3ccc(Cl)cc3[nH]2)ccn1. The van der Waals surface area contributed by atoms with E-state index >= 15 is 0 Å². The number of hydrogen-bond donors (Lipinski definition) is 3. The molecule has 22 heavy (non-hydrogen) atoms. The number of halogens is 1. The second kappa shape index (κ2) is 5.56. The predicted molar refractivity (Wildman–Crippen MR) is 84.0 cm³/mol. The van der Waals surface area contributed by atoms with Gasteiger partial charge in [-0.15, -0.1) is 0 Å². The Balaban J connectivity index is 1.79. The number of nitrogens with two attached hydrogens (primary N) is 1. The van der Waals surface area contributed by atoms with Crippen LogP contribution >= 0.6 is 11.6 Å². The van der Waals surface area contributed by atoms with Gasteiger partial charge in [0.25, 0.3) is 10.0 Å². The molecule has 9 heteroatoms. The second-order valence-corrected chi connectivity index (χ2v) is 6.57. The number of aromatic nitrogens is 3. The van der Waals surface area contributed by atoms with Crippen LogP contribution in [0, 0.1) is 0 Å². The fraction of sp³-hybridized carbons (Fsp3) is 0.0769. The summed E-state index contributed by atoms with van der Waals surface area (Å²) < 4.78 is 22.5. The normalized spacial score (nSPS) is 11.7. The highest BCUT2D eigenvalue weighted by Crippen LogP contribution is 2.18. The number of fused-ring (bicyclic) bond motifs is 1. The zero-order valence-electron chi connectivity index (χ0n) is 11.2. The molecule has 3 rings (SSSR count). The van der Waals surface area contributed by atoms with E-state index in [9.17, 15) is 8.42 Å². The van der Waals surface area contributed by atoms with E-state index in [1.54, 1.807) is 18.2 Å². The Morgan fingerprint density at radius 3 is 2.86 bits per heavy atom. The molecule has 7 nitrogen and oxygen atoms in total. The molecule has 0 fully saturated rings. The van der Waals surface area contributed by atoms with Crippen LogP contribution < -0.4 is 10.5 Å². The predicted octanol–water partition coefficient (Wildman–Crippen LogP) is 1.87. The molecular formula is C13H12ClN5O2S. The Kier molecular flexibility index (Phi) is 3.73. The average Bonchev–Trinajstić information content (AvgIpc) is 2.86. The number of anilines is 1. The number of hydrogen-bond acceptors (Lipinski definition) is 5. The summed E-state index contributed by atoms with van der Waals surface area (Å²) >= 11 is 5.92. The molecular weight excluding hydrogens is 326 g/mol. The van der Waals surface area contributed by atoms with Crippen molar-refractivity contribution in [3.8, 4) is 0 Å². The Morgan fingerprint density at radius 2 is 2.09 bits per heavy atom. The van der Waals surface area contributed by atoms with Crippen LogP contribution in [0.4, 0.5) is 5.69 Å². The van der Waals surface area contributed by atoms with Crippen molar-refractivity contribution in [2.75, 3.05) is 5.32 Å². The largest absolute Gasteiger partial charge is 0.378 e. The first-order chi connectivity index (χ1) is 10.4. The summed E-state index contributed by atoms with van der Waals surface area (Å²) in [6.45, 7) is 0.389. The molecule has 0 bridgehead atoms. The maximum Gasteiger partial charge on any atom is 0.255 e. The maximum absolute atomic E-state index is 11.3. The highest BCUT2D eigenvalue weighted by molar-refractivity contribution is 7.89. The van der Waals surface area contributed by atoms with Crippen LogP contribution in [0.5, 0.6) is 0 Å². The highest BCUT2D eigenvalue weighted by atomic mass is 35.5. The molecule has 0 amide bonds. The van der Waals surface area contributed by atoms with Crippen molar-refractivity contribution < 1.29 is 8.42 Å². The molecule has 0 aliphatic carbocycles. The van der Waals surface area contributed by atoms with Crippen molar-refractivity contribution >= 4 is 38.3 Å². The number of benzene rings is 1. The van der Waals surface area contributed by atoms with Crippen LogP contribution in [0.1, 0.15) is 5.82 Å². The fourth-order valence-electron chi connectivity index (χ4n) is 1.98. The highest BCUT2D eigenvalue weighted by Gasteiger charge is 2.10. The fourth-order valence-corrected chi connectivity index (χ4v) is 2.65. The first-order valence-corrected chi connectivity index (χ1v) is 8.21. The van der Waals surface area contributed by atoms with Crippen LogP contribution in [0.3, 0.4) is 0 Å². The molecule has 0 radical (unpaired) electrons. The van der Waals surface area contributed by atoms with Gasteiger partial charge in [-0.25, -0.2) is 23.5 Å². The van der Waals surface area contributed by atoms with E-state index in [1.165, 1.54) is 12.3 Å². The summed E-state index contributed by atoms with van der Waals surface area (Å²) in [6, 6.07) is 8.40. The minimum Gasteiger partial charge on any atom is -0.378 e. The molecule has 0 aliphatic heterocycles. The molecule has 3 aromatic rings. The standard InChI is InChI=1S/C13H12ClN5O2S/c14-8-1-2-10-11(5-8)19-12(18-10)7-17-9-3-4-16-13(6-9)22(15,20)21/h1-6H,7H2,(H,16,17)(H,18,19)(H2,15,20,21). The lowest BCUT2D eigenvalue weighted by molar-refractivity contribution is 0.594. The van der Waals surface area contributed by atoms with Gasteiger partial charge < -0.3 is 10.3 Å². The summed E-state index contributed by atoms with van der Waals surface area (Å²) in [7, 11) is -3.82. The van der Waals surface area contributed by atoms with Crippen molar-refractivity contribution in [2.24, 2.45) is 5.14 Å². The van der Waals surface area contributed by atoms with Gasteiger partial charge in [-0.2, -0.15) is 0 Å². The Hall–Kier alpha value is -2.16. The zero-order chi connectivity index (χ0) is 15.7. The van der Waals surface area contributed by atoms with Gasteiger partial charge in [0.2, 0.25) is 0 Å². The van der Waals surface area contributed by atoms with E-state index in [0.29, 0.717) is 23.1 Å². The van der Waals surface area contributed by atoms with Gasteiger partial charge in [0.15, 0.2) is 5.03 Å². The molecule has 0 unspecified atom stereocenters. The molecule has 0 atom stereocenters. The first kappa shape index (κ1) is 14.8. The third-order valence-electron chi connectivity index (χ3n) is 2.98. The van der Waals surface area contributed by atoms with Crippen molar-refractivity contribution in [1.29, 1.82) is 0 Å². The first-order valence-electron chi connectivity index (χ1n) is 6.29. The van der Waals surface area contributed by atoms with Crippen LogP contribution in [-0.2, 0) is 16.6 Å². The quantitative estimate of drug-likeness (QED) is 0.672. The average molecular weight is 338 g/mol. The van der Waals surface area contributed by atoms with Gasteiger partial charge in [0.1, 0.15) is 5.82 Å². The van der Waals surface area contributed by atoms with Crippen LogP contribution in [0.2, 0.25) is 5.02 Å². The third kappa shape index (κ3) is 3.19. The van der Waals surface area contributed by atoms with E-state index in [-0.39, 0.29) is 5.03 Å². The molecule has 2 aromatic heterocycles. The van der Waals surface area contributed by atoms with Crippen molar-refractivity contribution in [3.63, 3.8) is 0 Å². The molecule has 0 saturated heterocycles. The number of aromatic amines is 1. The maximum atomic E-state index is 11.3. The van der Waals surface area contributed by atoms with E-state index < -0.39 is 10.0 Å². The molecule has 2 heterocycles. The van der Waals surface area contributed by atoms with E-state index in [0.717, 1.165) is 11.0 Å². The molecule has 1 aromatic carbocycles. The van der Waals surface area contributed by atoms with Gasteiger partial charge in [0.05, 0.1) is 17.6 Å². The monoisotopic (exact) mass is 337 g/mol. The number of nitrogens with one attached hydrogen (secondary N) is 2. The molecule has 0 saturated carbocycles. The third-order valence-corrected chi connectivity index (χ3v) is 4.02. The molecule has 4 N–H and O–H groups in total. The lowest BCUT2D eigenvalue weighted by Crippen LogP contribution is -2.14. The lowest BCUT2D eigenvalue weighted by atomic mass is 10.3. The van der Waals surface area contributed by atoms with E-state index in [2.05, 4.69) is 20.3 Å². The molecule has 0 spiro atoms. The van der Waals surface area contributed by atoms with E-state index in [1.807, 2.05) is 6.07 Å². The van der Waals surface area contributed by atoms with Crippen molar-refractivity contribution in [1.82, 2.24) is 15.0 Å². The van der Waals surface area contributed by atoms with Gasteiger partial charge in [-0.05, 0) is 24.3 Å². The van der Waals surface area contributed by atoms with Crippen LogP contribution in [-0.4, -0.2) is 23.4 Å². The topological polar surface area (TPSA) is 114 Å². The Bertz CT molecular complexity index is 939. The molecule has 114 valence electrons. The van der Waals surface area contributed by atoms with E-state index in [4.69, 9.17) is 16.7 Å². The number of H-pyrrole nitrogens is 1. The summed E-state index contributed by atoms with van der Waals surface area (Å²) in [4.78, 5) is 11.3. The van der Waals surface area contributed by atoms with Crippen molar-refractivity contribution in [3.05, 3.63) is 47.4 Å². The minimum absolute atomic E-state index is 0.186. The number of pyridine rings is 1. The summed E-state index contributed by atoms with van der Waals surface area (Å²) in [5.41, 5.74) is 2.22. The van der Waals surface area contributed by atoms with Gasteiger partial charge in [-0.3, -0.25) is 0 Å². The van der Waals surface area contributed by atoms with Crippen LogP contribution in [0.25, 0.3) is 11.0 Å². The number of nitrogens with zero attached hydrogens (tertiary/aromatic N) is 2. The lowest BCUT2D eigenvalue weighted by Gasteiger charge is -2.05. The minimum atomic E-state index is -3.82. The summed E-state index contributed by atoms with van der Waals surface area (Å²) in [6.07, 6.45) is 1.38. The number of primary sulfonamides is 1. The summed E-state index contributed by atoms with van der Waals surface area (Å²) in [5.74, 6) is 0.700. The molecule has 0 aliphatic rings. The Morgan fingerprint density at radius 1 is 1.27 bits per heavy atom. The smallest absolute Gasteiger partial charge is 0.255 e. The second-order valence-electron chi connectivity index (χ2n) is 4.63. The number of imidazole rings is 1. The zero-order valence-corrected chi connectivity index (χ0v) is 12.8. The van der Waals surface area contributed by atoms with Gasteiger partial charge >= 0.3 is 0 Å². The summed E-state index contributed by atoms with van der Waals surface area (Å²) in [5, 5.41) is 8.55. The van der Waals surface area contributed by atoms with Gasteiger partial charge in [-0.1, -0.05) is 11.6 Å². The number of rotatable bonds is 4. The van der Waals surface area contributed by atoms with Crippen LogP contribution in [0.15, 0.2) is 41.6 Å².